The van der Waals surface area contributed by atoms with Gasteiger partial charge in [-0.2, -0.15) is 0 Å². The van der Waals surface area contributed by atoms with E-state index in [0.717, 1.165) is 22.7 Å². The van der Waals surface area contributed by atoms with E-state index in [9.17, 15) is 0 Å². The number of methoxy groups -OCH3 is 1. The molecule has 0 saturated carbocycles. The van der Waals surface area contributed by atoms with Crippen LogP contribution in [0.3, 0.4) is 0 Å². The average Bonchev–Trinajstić information content (AvgIpc) is 2.90. The van der Waals surface area contributed by atoms with Gasteiger partial charge in [0.05, 0.1) is 13.0 Å². The Bertz CT molecular complexity index is 561. The lowest BCUT2D eigenvalue weighted by atomic mass is 9.89. The maximum absolute atomic E-state index is 5.96. The standard InChI is InChI=1S/C15H21N3O/c1-9-7-10(2)13(14(19-4)11(9)3)12(8-16)15-17-5-6-18-15/h5-7,12H,8,16H2,1-4H3,(H,17,18). The maximum Gasteiger partial charge on any atom is 0.126 e. The van der Waals surface area contributed by atoms with Gasteiger partial charge >= 0.3 is 0 Å². The van der Waals surface area contributed by atoms with E-state index < -0.39 is 0 Å². The number of ether oxygens (including phenoxy) is 1. The van der Waals surface area contributed by atoms with Crippen LogP contribution >= 0.6 is 0 Å². The van der Waals surface area contributed by atoms with E-state index >= 15 is 0 Å². The second-order valence-corrected chi connectivity index (χ2v) is 4.84. The normalized spacial score (nSPS) is 12.5. The third-order valence-corrected chi connectivity index (χ3v) is 3.67. The SMILES string of the molecule is COc1c(C)c(C)cc(C)c1C(CN)c1ncc[nH]1. The molecule has 1 aromatic heterocycles. The van der Waals surface area contributed by atoms with Gasteiger partial charge in [-0.1, -0.05) is 6.07 Å². The number of nitrogens with two attached hydrogens (primary N) is 1. The van der Waals surface area contributed by atoms with Crippen LogP contribution in [0, 0.1) is 20.8 Å². The summed E-state index contributed by atoms with van der Waals surface area (Å²) in [5.41, 5.74) is 10.7. The lowest BCUT2D eigenvalue weighted by molar-refractivity contribution is 0.403. The number of imidazole rings is 1. The second-order valence-electron chi connectivity index (χ2n) is 4.84. The van der Waals surface area contributed by atoms with Crippen molar-refractivity contribution in [3.63, 3.8) is 0 Å². The summed E-state index contributed by atoms with van der Waals surface area (Å²) >= 11 is 0. The zero-order valence-corrected chi connectivity index (χ0v) is 11.9. The molecule has 0 aliphatic carbocycles. The van der Waals surface area contributed by atoms with Crippen molar-refractivity contribution in [1.29, 1.82) is 0 Å². The molecule has 1 atom stereocenters. The molecule has 1 aromatic carbocycles. The summed E-state index contributed by atoms with van der Waals surface area (Å²) < 4.78 is 5.62. The molecule has 0 aliphatic heterocycles. The number of hydrogen-bond acceptors (Lipinski definition) is 3. The molecule has 2 rings (SSSR count). The van der Waals surface area contributed by atoms with Crippen molar-refractivity contribution >= 4 is 0 Å². The molecule has 3 N–H and O–H groups in total. The smallest absolute Gasteiger partial charge is 0.126 e. The predicted molar refractivity (Wildman–Crippen MR) is 76.7 cm³/mol. The summed E-state index contributed by atoms with van der Waals surface area (Å²) in [6, 6.07) is 2.18. The predicted octanol–water partition coefficient (Wildman–Crippen LogP) is 2.43. The van der Waals surface area contributed by atoms with Crippen LogP contribution in [0.1, 0.15) is 34.0 Å². The molecule has 2 aromatic rings. The maximum atomic E-state index is 5.96. The first-order chi connectivity index (χ1) is 9.10. The molecule has 0 fully saturated rings. The summed E-state index contributed by atoms with van der Waals surface area (Å²) in [4.78, 5) is 7.49. The molecule has 0 saturated heterocycles. The average molecular weight is 259 g/mol. The van der Waals surface area contributed by atoms with E-state index in [4.69, 9.17) is 10.5 Å². The number of hydrogen-bond donors (Lipinski definition) is 2. The molecule has 1 unspecified atom stereocenters. The highest BCUT2D eigenvalue weighted by Crippen LogP contribution is 2.36. The van der Waals surface area contributed by atoms with E-state index in [2.05, 4.69) is 36.8 Å². The highest BCUT2D eigenvalue weighted by molar-refractivity contribution is 5.53. The zero-order chi connectivity index (χ0) is 14.0. The Kier molecular flexibility index (Phi) is 3.90. The first kappa shape index (κ1) is 13.6. The Morgan fingerprint density at radius 2 is 2.05 bits per heavy atom. The minimum absolute atomic E-state index is 0.0317. The van der Waals surface area contributed by atoms with Crippen molar-refractivity contribution in [1.82, 2.24) is 9.97 Å². The summed E-state index contributed by atoms with van der Waals surface area (Å²) in [6.07, 6.45) is 3.57. The first-order valence-corrected chi connectivity index (χ1v) is 6.44. The summed E-state index contributed by atoms with van der Waals surface area (Å²) in [7, 11) is 1.71. The highest BCUT2D eigenvalue weighted by atomic mass is 16.5. The lowest BCUT2D eigenvalue weighted by Gasteiger charge is -2.22. The number of aryl methyl sites for hydroxylation is 2. The van der Waals surface area contributed by atoms with Crippen LogP contribution in [0.4, 0.5) is 0 Å². The number of benzene rings is 1. The molecule has 19 heavy (non-hydrogen) atoms. The van der Waals surface area contributed by atoms with E-state index in [1.165, 1.54) is 11.1 Å². The Balaban J connectivity index is 2.63. The van der Waals surface area contributed by atoms with Crippen molar-refractivity contribution in [2.24, 2.45) is 5.73 Å². The Morgan fingerprint density at radius 3 is 2.58 bits per heavy atom. The fourth-order valence-corrected chi connectivity index (χ4v) is 2.60. The second kappa shape index (κ2) is 5.45. The number of rotatable bonds is 4. The van der Waals surface area contributed by atoms with Gasteiger partial charge in [-0.25, -0.2) is 4.98 Å². The number of aromatic nitrogens is 2. The molecular weight excluding hydrogens is 238 g/mol. The number of nitrogens with one attached hydrogen (secondary N) is 1. The van der Waals surface area contributed by atoms with Gasteiger partial charge in [-0.3, -0.25) is 0 Å². The van der Waals surface area contributed by atoms with Crippen LogP contribution in [0.5, 0.6) is 5.75 Å². The van der Waals surface area contributed by atoms with Crippen molar-refractivity contribution in [2.75, 3.05) is 13.7 Å². The van der Waals surface area contributed by atoms with Gasteiger partial charge in [0.2, 0.25) is 0 Å². The molecule has 4 nitrogen and oxygen atoms in total. The van der Waals surface area contributed by atoms with Crippen molar-refractivity contribution in [3.8, 4) is 5.75 Å². The minimum Gasteiger partial charge on any atom is -0.496 e. The van der Waals surface area contributed by atoms with E-state index in [0.29, 0.717) is 6.54 Å². The monoisotopic (exact) mass is 259 g/mol. The van der Waals surface area contributed by atoms with E-state index in [1.807, 2.05) is 6.20 Å². The number of aromatic amines is 1. The first-order valence-electron chi connectivity index (χ1n) is 6.44. The molecule has 0 radical (unpaired) electrons. The molecule has 102 valence electrons. The summed E-state index contributed by atoms with van der Waals surface area (Å²) in [5.74, 6) is 1.83. The number of nitrogens with zero attached hydrogens (tertiary/aromatic N) is 1. The Labute approximate surface area is 114 Å². The van der Waals surface area contributed by atoms with E-state index in [-0.39, 0.29) is 5.92 Å². The quantitative estimate of drug-likeness (QED) is 0.886. The molecule has 0 aliphatic rings. The van der Waals surface area contributed by atoms with Crippen LogP contribution in [-0.2, 0) is 0 Å². The van der Waals surface area contributed by atoms with Gasteiger partial charge in [0.25, 0.3) is 0 Å². The third-order valence-electron chi connectivity index (χ3n) is 3.67. The third kappa shape index (κ3) is 2.36. The molecule has 4 heteroatoms. The molecule has 0 bridgehead atoms. The van der Waals surface area contributed by atoms with Gasteiger partial charge in [0, 0.05) is 24.5 Å². The summed E-state index contributed by atoms with van der Waals surface area (Å²) in [6.45, 7) is 6.76. The highest BCUT2D eigenvalue weighted by Gasteiger charge is 2.23. The molecule has 1 heterocycles. The summed E-state index contributed by atoms with van der Waals surface area (Å²) in [5, 5.41) is 0. The van der Waals surface area contributed by atoms with Crippen LogP contribution in [0.25, 0.3) is 0 Å². The largest absolute Gasteiger partial charge is 0.496 e. The number of H-pyrrole nitrogens is 1. The van der Waals surface area contributed by atoms with Crippen molar-refractivity contribution < 1.29 is 4.74 Å². The fourth-order valence-electron chi connectivity index (χ4n) is 2.60. The van der Waals surface area contributed by atoms with Gasteiger partial charge in [-0.15, -0.1) is 0 Å². The van der Waals surface area contributed by atoms with Crippen LogP contribution < -0.4 is 10.5 Å². The van der Waals surface area contributed by atoms with Crippen molar-refractivity contribution in [3.05, 3.63) is 46.5 Å². The zero-order valence-electron chi connectivity index (χ0n) is 11.9. The minimum atomic E-state index is 0.0317. The van der Waals surface area contributed by atoms with Gasteiger partial charge in [0.15, 0.2) is 0 Å². The molecule has 0 spiro atoms. The van der Waals surface area contributed by atoms with Crippen molar-refractivity contribution in [2.45, 2.75) is 26.7 Å². The lowest BCUT2D eigenvalue weighted by Crippen LogP contribution is -2.18. The van der Waals surface area contributed by atoms with Gasteiger partial charge < -0.3 is 15.5 Å². The molecule has 0 amide bonds. The molecular formula is C15H21N3O. The van der Waals surface area contributed by atoms with E-state index in [1.54, 1.807) is 13.3 Å². The van der Waals surface area contributed by atoms with Crippen LogP contribution in [0.15, 0.2) is 18.5 Å². The topological polar surface area (TPSA) is 63.9 Å². The van der Waals surface area contributed by atoms with Crippen LogP contribution in [0.2, 0.25) is 0 Å². The van der Waals surface area contributed by atoms with Gasteiger partial charge in [0.1, 0.15) is 11.6 Å². The Hall–Kier alpha value is -1.81. The van der Waals surface area contributed by atoms with Crippen LogP contribution in [-0.4, -0.2) is 23.6 Å². The fraction of sp³-hybridized carbons (Fsp3) is 0.400. The Morgan fingerprint density at radius 1 is 1.32 bits per heavy atom. The van der Waals surface area contributed by atoms with Gasteiger partial charge in [-0.05, 0) is 37.5 Å².